The Bertz CT molecular complexity index is 1320. The van der Waals surface area contributed by atoms with Crippen LogP contribution in [0.3, 0.4) is 0 Å². The molecule has 0 atom stereocenters. The zero-order valence-electron chi connectivity index (χ0n) is 23.5. The number of benzene rings is 2. The third-order valence-electron chi connectivity index (χ3n) is 7.05. The van der Waals surface area contributed by atoms with Crippen molar-refractivity contribution in [1.82, 2.24) is 14.7 Å². The van der Waals surface area contributed by atoms with Crippen molar-refractivity contribution in [3.63, 3.8) is 0 Å². The Morgan fingerprint density at radius 1 is 0.951 bits per heavy atom. The highest BCUT2D eigenvalue weighted by molar-refractivity contribution is 7.98. The van der Waals surface area contributed by atoms with Gasteiger partial charge in [-0.15, -0.1) is 11.8 Å². The molecule has 0 saturated carbocycles. The van der Waals surface area contributed by atoms with Gasteiger partial charge in [-0.25, -0.2) is 4.79 Å². The Morgan fingerprint density at radius 3 is 2.46 bits per heavy atom. The Morgan fingerprint density at radius 2 is 1.73 bits per heavy atom. The average Bonchev–Trinajstić information content (AvgIpc) is 3.63. The number of morpholine rings is 1. The maximum Gasteiger partial charge on any atom is 0.322 e. The van der Waals surface area contributed by atoms with Crippen LogP contribution in [0.15, 0.2) is 63.9 Å². The number of carbonyl (C=O) groups is 2. The molecule has 11 heteroatoms. The van der Waals surface area contributed by atoms with Crippen molar-refractivity contribution < 1.29 is 28.2 Å². The average molecular weight is 581 g/mol. The summed E-state index contributed by atoms with van der Waals surface area (Å²) in [4.78, 5) is 34.0. The van der Waals surface area contributed by atoms with Crippen LogP contribution < -0.4 is 14.8 Å². The fraction of sp³-hybridized carbons (Fsp3) is 0.400. The molecular formula is C30H36N4O6S. The molecule has 41 heavy (non-hydrogen) atoms. The molecule has 3 aromatic rings. The fourth-order valence-corrected chi connectivity index (χ4v) is 5.14. The van der Waals surface area contributed by atoms with Gasteiger partial charge in [0.1, 0.15) is 18.1 Å². The van der Waals surface area contributed by atoms with Gasteiger partial charge in [0, 0.05) is 43.3 Å². The Balaban J connectivity index is 1.32. The number of hydrogen-bond acceptors (Lipinski definition) is 8. The predicted molar refractivity (Wildman–Crippen MR) is 156 cm³/mol. The van der Waals surface area contributed by atoms with Gasteiger partial charge in [-0.05, 0) is 67.3 Å². The van der Waals surface area contributed by atoms with Gasteiger partial charge in [0.25, 0.3) is 0 Å². The second-order valence-electron chi connectivity index (χ2n) is 9.98. The van der Waals surface area contributed by atoms with E-state index in [1.165, 1.54) is 0 Å². The van der Waals surface area contributed by atoms with Crippen LogP contribution in [0.25, 0.3) is 0 Å². The zero-order chi connectivity index (χ0) is 28.6. The quantitative estimate of drug-likeness (QED) is 0.333. The van der Waals surface area contributed by atoms with Crippen molar-refractivity contribution in [3.05, 3.63) is 71.7 Å². The summed E-state index contributed by atoms with van der Waals surface area (Å²) in [6.07, 6.45) is 2.01. The summed E-state index contributed by atoms with van der Waals surface area (Å²) >= 11 is 1.64. The van der Waals surface area contributed by atoms with E-state index >= 15 is 0 Å². The molecule has 2 aliphatic rings. The molecule has 3 amide bonds. The number of ether oxygens (including phenoxy) is 3. The minimum Gasteiger partial charge on any atom is -0.464 e. The van der Waals surface area contributed by atoms with Gasteiger partial charge >= 0.3 is 6.03 Å². The molecule has 1 N–H and O–H groups in total. The minimum atomic E-state index is -0.319. The van der Waals surface area contributed by atoms with Crippen molar-refractivity contribution in [2.24, 2.45) is 0 Å². The summed E-state index contributed by atoms with van der Waals surface area (Å²) in [6, 6.07) is 16.7. The lowest BCUT2D eigenvalue weighted by Crippen LogP contribution is -2.48. The highest BCUT2D eigenvalue weighted by atomic mass is 32.2. The standard InChI is InChI=1S/C30H36N4O6S/c1-22-3-7-25(40-22)19-34(18-23-4-10-27-28(17-23)39-21-38-27)29(35)20-33(12-11-32-13-15-37-16-14-32)30(36)31-24-5-8-26(41-2)9-6-24/h3-10,17H,11-16,18-21H2,1-2H3,(H,31,36). The maximum atomic E-state index is 13.9. The van der Waals surface area contributed by atoms with Gasteiger partial charge in [0.05, 0.1) is 19.8 Å². The van der Waals surface area contributed by atoms with Crippen molar-refractivity contribution in [1.29, 1.82) is 0 Å². The number of aryl methyl sites for hydroxylation is 1. The van der Waals surface area contributed by atoms with Gasteiger partial charge in [0.2, 0.25) is 12.7 Å². The molecule has 1 saturated heterocycles. The third kappa shape index (κ3) is 7.96. The molecule has 2 aromatic carbocycles. The first-order chi connectivity index (χ1) is 20.0. The molecule has 0 unspecified atom stereocenters. The number of furan rings is 1. The Kier molecular flexibility index (Phi) is 9.71. The molecule has 218 valence electrons. The number of fused-ring (bicyclic) bond motifs is 1. The van der Waals surface area contributed by atoms with Gasteiger partial charge in [-0.2, -0.15) is 0 Å². The number of anilines is 1. The van der Waals surface area contributed by atoms with Crippen LogP contribution in [0.5, 0.6) is 11.5 Å². The van der Waals surface area contributed by atoms with E-state index in [1.807, 2.05) is 67.8 Å². The molecule has 10 nitrogen and oxygen atoms in total. The van der Waals surface area contributed by atoms with E-state index in [2.05, 4.69) is 10.2 Å². The molecule has 1 aromatic heterocycles. The number of urea groups is 1. The number of nitrogens with one attached hydrogen (secondary N) is 1. The van der Waals surface area contributed by atoms with Gasteiger partial charge in [-0.3, -0.25) is 9.69 Å². The first kappa shape index (κ1) is 28.8. The van der Waals surface area contributed by atoms with Gasteiger partial charge in [-0.1, -0.05) is 6.07 Å². The van der Waals surface area contributed by atoms with E-state index in [0.717, 1.165) is 29.3 Å². The van der Waals surface area contributed by atoms with E-state index in [4.69, 9.17) is 18.6 Å². The van der Waals surface area contributed by atoms with E-state index in [9.17, 15) is 9.59 Å². The van der Waals surface area contributed by atoms with Gasteiger partial charge in [0.15, 0.2) is 11.5 Å². The van der Waals surface area contributed by atoms with Crippen LogP contribution in [0, 0.1) is 6.92 Å². The van der Waals surface area contributed by atoms with Crippen LogP contribution >= 0.6 is 11.8 Å². The van der Waals surface area contributed by atoms with Crippen molar-refractivity contribution in [3.8, 4) is 11.5 Å². The van der Waals surface area contributed by atoms with Crippen molar-refractivity contribution >= 4 is 29.4 Å². The summed E-state index contributed by atoms with van der Waals surface area (Å²) in [5.74, 6) is 2.60. The topological polar surface area (TPSA) is 96.7 Å². The molecule has 3 heterocycles. The summed E-state index contributed by atoms with van der Waals surface area (Å²) < 4.78 is 22.2. The van der Waals surface area contributed by atoms with Crippen LogP contribution in [0.2, 0.25) is 0 Å². The Hall–Kier alpha value is -3.67. The van der Waals surface area contributed by atoms with Crippen LogP contribution in [0.4, 0.5) is 10.5 Å². The highest BCUT2D eigenvalue weighted by Crippen LogP contribution is 2.33. The Labute approximate surface area is 244 Å². The minimum absolute atomic E-state index is 0.0800. The maximum absolute atomic E-state index is 13.9. The predicted octanol–water partition coefficient (Wildman–Crippen LogP) is 4.43. The SMILES string of the molecule is CSc1ccc(NC(=O)N(CCN2CCOCC2)CC(=O)N(Cc2ccc3c(c2)OCO3)Cc2ccc(C)o2)cc1. The lowest BCUT2D eigenvalue weighted by molar-refractivity contribution is -0.133. The normalized spacial score (nSPS) is 14.6. The number of thioether (sulfide) groups is 1. The van der Waals surface area contributed by atoms with E-state index in [0.29, 0.717) is 55.8 Å². The number of carbonyl (C=O) groups excluding carboxylic acids is 2. The fourth-order valence-electron chi connectivity index (χ4n) is 4.73. The number of hydrogen-bond donors (Lipinski definition) is 1. The van der Waals surface area contributed by atoms with Crippen LogP contribution in [-0.4, -0.2) is 85.6 Å². The molecule has 0 aliphatic carbocycles. The summed E-state index contributed by atoms with van der Waals surface area (Å²) in [7, 11) is 0. The molecular weight excluding hydrogens is 544 g/mol. The second-order valence-corrected chi connectivity index (χ2v) is 10.9. The first-order valence-corrected chi connectivity index (χ1v) is 14.9. The molecule has 1 fully saturated rings. The van der Waals surface area contributed by atoms with Crippen molar-refractivity contribution in [2.45, 2.75) is 24.9 Å². The lowest BCUT2D eigenvalue weighted by Gasteiger charge is -2.31. The monoisotopic (exact) mass is 580 g/mol. The second kappa shape index (κ2) is 13.8. The summed E-state index contributed by atoms with van der Waals surface area (Å²) in [6.45, 7) is 6.55. The summed E-state index contributed by atoms with van der Waals surface area (Å²) in [5, 5.41) is 2.97. The number of rotatable bonds is 11. The largest absolute Gasteiger partial charge is 0.464 e. The number of amides is 3. The number of nitrogens with zero attached hydrogens (tertiary/aromatic N) is 3. The molecule has 5 rings (SSSR count). The van der Waals surface area contributed by atoms with Crippen molar-refractivity contribution in [2.75, 3.05) is 64.3 Å². The van der Waals surface area contributed by atoms with Crippen LogP contribution in [-0.2, 0) is 22.6 Å². The highest BCUT2D eigenvalue weighted by Gasteiger charge is 2.25. The first-order valence-electron chi connectivity index (χ1n) is 13.7. The summed E-state index contributed by atoms with van der Waals surface area (Å²) in [5.41, 5.74) is 1.57. The molecule has 0 bridgehead atoms. The third-order valence-corrected chi connectivity index (χ3v) is 7.79. The van der Waals surface area contributed by atoms with E-state index in [-0.39, 0.29) is 31.8 Å². The van der Waals surface area contributed by atoms with E-state index in [1.54, 1.807) is 21.6 Å². The van der Waals surface area contributed by atoms with Crippen LogP contribution in [0.1, 0.15) is 17.1 Å². The van der Waals surface area contributed by atoms with Gasteiger partial charge < -0.3 is 33.7 Å². The smallest absolute Gasteiger partial charge is 0.322 e. The zero-order valence-corrected chi connectivity index (χ0v) is 24.3. The molecule has 2 aliphatic heterocycles. The molecule has 0 spiro atoms. The van der Waals surface area contributed by atoms with E-state index < -0.39 is 0 Å². The lowest BCUT2D eigenvalue weighted by atomic mass is 10.2. The molecule has 0 radical (unpaired) electrons.